The zero-order valence-corrected chi connectivity index (χ0v) is 43.0. The first-order chi connectivity index (χ1) is 31.5. The number of hydrogen-bond acceptors (Lipinski definition) is 5. The van der Waals surface area contributed by atoms with Gasteiger partial charge in [0, 0.05) is 12.8 Å². The highest BCUT2D eigenvalue weighted by Gasteiger charge is 2.20. The second-order valence-electron chi connectivity index (χ2n) is 19.6. The van der Waals surface area contributed by atoms with Crippen LogP contribution < -0.4 is 5.32 Å². The molecule has 0 bridgehead atoms. The predicted octanol–water partition coefficient (Wildman–Crippen LogP) is 17.5. The maximum Gasteiger partial charge on any atom is 0.305 e. The van der Waals surface area contributed by atoms with E-state index in [0.29, 0.717) is 25.9 Å². The molecule has 2 unspecified atom stereocenters. The van der Waals surface area contributed by atoms with Crippen LogP contribution in [-0.2, 0) is 14.3 Å². The highest BCUT2D eigenvalue weighted by atomic mass is 16.5. The molecule has 6 heteroatoms. The van der Waals surface area contributed by atoms with Crippen LogP contribution in [0.25, 0.3) is 0 Å². The highest BCUT2D eigenvalue weighted by Crippen LogP contribution is 2.17. The van der Waals surface area contributed by atoms with Gasteiger partial charge in [0.25, 0.3) is 0 Å². The van der Waals surface area contributed by atoms with Gasteiger partial charge in [-0.3, -0.25) is 9.59 Å². The van der Waals surface area contributed by atoms with Gasteiger partial charge in [-0.15, -0.1) is 0 Å². The van der Waals surface area contributed by atoms with Crippen LogP contribution in [0.4, 0.5) is 0 Å². The summed E-state index contributed by atoms with van der Waals surface area (Å²) in [5, 5.41) is 23.1. The summed E-state index contributed by atoms with van der Waals surface area (Å²) in [6.45, 7) is 4.92. The van der Waals surface area contributed by atoms with Gasteiger partial charge in [0.15, 0.2) is 0 Å². The van der Waals surface area contributed by atoms with E-state index < -0.39 is 12.1 Å². The van der Waals surface area contributed by atoms with Gasteiger partial charge in [0.1, 0.15) is 0 Å². The Morgan fingerprint density at radius 2 is 0.781 bits per heavy atom. The molecule has 0 saturated carbocycles. The number of hydrogen-bond donors (Lipinski definition) is 3. The Morgan fingerprint density at radius 3 is 1.20 bits per heavy atom. The summed E-state index contributed by atoms with van der Waals surface area (Å²) in [5.41, 5.74) is 0. The Labute approximate surface area is 399 Å². The zero-order chi connectivity index (χ0) is 46.5. The van der Waals surface area contributed by atoms with Crippen LogP contribution in [0.2, 0.25) is 0 Å². The maximum atomic E-state index is 12.4. The number of carbonyl (C=O) groups is 2. The molecule has 1 amide bonds. The molecule has 0 radical (unpaired) electrons. The van der Waals surface area contributed by atoms with E-state index in [-0.39, 0.29) is 18.5 Å². The van der Waals surface area contributed by atoms with Crippen LogP contribution in [0.3, 0.4) is 0 Å². The quantitative estimate of drug-likeness (QED) is 0.0321. The monoisotopic (exact) mass is 902 g/mol. The molecule has 0 saturated heterocycles. The molecule has 3 N–H and O–H groups in total. The van der Waals surface area contributed by atoms with E-state index in [4.69, 9.17) is 4.74 Å². The number of carbonyl (C=O) groups excluding carboxylic acids is 2. The standard InChI is InChI=1S/C58H111NO5/c1-3-5-7-9-11-13-15-16-17-26-29-32-36-40-44-48-52-58(63)64-53-49-45-41-37-33-30-27-24-22-20-18-19-21-23-25-28-31-35-39-43-47-51-57(62)59-55(54-60)56(61)50-46-42-38-34-14-12-10-8-6-4-2/h13,15,17,26,55-56,60-61H,3-12,14,16,18-25,27-54H2,1-2H3,(H,59,62)/b15-13-,26-17-. The van der Waals surface area contributed by atoms with Crippen molar-refractivity contribution >= 4 is 11.9 Å². The summed E-state index contributed by atoms with van der Waals surface area (Å²) in [4.78, 5) is 24.5. The molecule has 0 aliphatic rings. The normalized spacial score (nSPS) is 12.8. The number of nitrogens with one attached hydrogen (secondary N) is 1. The van der Waals surface area contributed by atoms with Crippen molar-refractivity contribution in [1.29, 1.82) is 0 Å². The van der Waals surface area contributed by atoms with Crippen molar-refractivity contribution in [1.82, 2.24) is 5.32 Å². The molecule has 2 atom stereocenters. The summed E-state index contributed by atoms with van der Waals surface area (Å²) in [6.07, 6.45) is 64.6. The second-order valence-corrected chi connectivity index (χ2v) is 19.6. The lowest BCUT2D eigenvalue weighted by Gasteiger charge is -2.22. The number of ether oxygens (including phenoxy) is 1. The number of esters is 1. The van der Waals surface area contributed by atoms with Gasteiger partial charge in [-0.1, -0.05) is 263 Å². The number of unbranched alkanes of at least 4 members (excludes halogenated alkanes) is 38. The van der Waals surface area contributed by atoms with E-state index in [2.05, 4.69) is 43.5 Å². The fourth-order valence-electron chi connectivity index (χ4n) is 8.85. The number of allylic oxidation sites excluding steroid dienone is 4. The number of aliphatic hydroxyl groups excluding tert-OH is 2. The Morgan fingerprint density at radius 1 is 0.438 bits per heavy atom. The second kappa shape index (κ2) is 54.0. The number of aliphatic hydroxyl groups is 2. The third-order valence-corrected chi connectivity index (χ3v) is 13.3. The van der Waals surface area contributed by atoms with E-state index in [1.54, 1.807) is 0 Å². The lowest BCUT2D eigenvalue weighted by atomic mass is 10.0. The SMILES string of the molecule is CCCCCC/C=C\C/C=C\CCCCCCCC(=O)OCCCCCCCCCCCCCCCCCCCCCCCC(=O)NC(CO)C(O)CCCCCCCCCCCC. The minimum atomic E-state index is -0.663. The van der Waals surface area contributed by atoms with Crippen LogP contribution in [0, 0.1) is 0 Å². The Balaban J connectivity index is 3.36. The van der Waals surface area contributed by atoms with Gasteiger partial charge in [0.2, 0.25) is 5.91 Å². The summed E-state index contributed by atoms with van der Waals surface area (Å²) >= 11 is 0. The van der Waals surface area contributed by atoms with Gasteiger partial charge in [-0.25, -0.2) is 0 Å². The molecule has 6 nitrogen and oxygen atoms in total. The topological polar surface area (TPSA) is 95.9 Å². The van der Waals surface area contributed by atoms with Gasteiger partial charge in [-0.2, -0.15) is 0 Å². The molecular weight excluding hydrogens is 791 g/mol. The largest absolute Gasteiger partial charge is 0.466 e. The van der Waals surface area contributed by atoms with Crippen LogP contribution in [-0.4, -0.2) is 47.4 Å². The molecule has 64 heavy (non-hydrogen) atoms. The molecule has 0 fully saturated rings. The van der Waals surface area contributed by atoms with Gasteiger partial charge in [0.05, 0.1) is 25.4 Å². The van der Waals surface area contributed by atoms with E-state index in [1.807, 2.05) is 0 Å². The molecule has 0 rings (SSSR count). The van der Waals surface area contributed by atoms with Gasteiger partial charge >= 0.3 is 5.97 Å². The highest BCUT2D eigenvalue weighted by molar-refractivity contribution is 5.76. The molecule has 0 aromatic rings. The molecule has 0 heterocycles. The molecular formula is C58H111NO5. The lowest BCUT2D eigenvalue weighted by molar-refractivity contribution is -0.143. The first-order valence-corrected chi connectivity index (χ1v) is 28.6. The summed E-state index contributed by atoms with van der Waals surface area (Å²) < 4.78 is 5.48. The minimum absolute atomic E-state index is 0.00149. The minimum Gasteiger partial charge on any atom is -0.466 e. The first-order valence-electron chi connectivity index (χ1n) is 28.6. The van der Waals surface area contributed by atoms with Crippen molar-refractivity contribution in [3.63, 3.8) is 0 Å². The van der Waals surface area contributed by atoms with E-state index in [0.717, 1.165) is 51.4 Å². The Hall–Kier alpha value is -1.66. The number of amides is 1. The molecule has 0 spiro atoms. The molecule has 0 aromatic carbocycles. The molecule has 0 aromatic heterocycles. The summed E-state index contributed by atoms with van der Waals surface area (Å²) in [5.74, 6) is -0.0389. The van der Waals surface area contributed by atoms with Crippen molar-refractivity contribution in [3.8, 4) is 0 Å². The van der Waals surface area contributed by atoms with Crippen LogP contribution >= 0.6 is 0 Å². The van der Waals surface area contributed by atoms with E-state index in [9.17, 15) is 19.8 Å². The number of rotatable bonds is 53. The van der Waals surface area contributed by atoms with Crippen molar-refractivity contribution < 1.29 is 24.5 Å². The van der Waals surface area contributed by atoms with E-state index in [1.165, 1.54) is 225 Å². The third-order valence-electron chi connectivity index (χ3n) is 13.3. The van der Waals surface area contributed by atoms with Crippen molar-refractivity contribution in [2.45, 2.75) is 321 Å². The average Bonchev–Trinajstić information content (AvgIpc) is 3.29. The summed E-state index contributed by atoms with van der Waals surface area (Å²) in [6, 6.07) is -0.540. The first kappa shape index (κ1) is 62.3. The molecule has 0 aliphatic heterocycles. The smallest absolute Gasteiger partial charge is 0.305 e. The molecule has 378 valence electrons. The third kappa shape index (κ3) is 49.8. The average molecular weight is 903 g/mol. The van der Waals surface area contributed by atoms with Gasteiger partial charge < -0.3 is 20.3 Å². The fourth-order valence-corrected chi connectivity index (χ4v) is 8.85. The predicted molar refractivity (Wildman–Crippen MR) is 278 cm³/mol. The van der Waals surface area contributed by atoms with Crippen LogP contribution in [0.5, 0.6) is 0 Å². The Kier molecular flexibility index (Phi) is 52.6. The zero-order valence-electron chi connectivity index (χ0n) is 43.0. The Bertz CT molecular complexity index is 997. The fraction of sp³-hybridized carbons (Fsp3) is 0.897. The van der Waals surface area contributed by atoms with Crippen LogP contribution in [0.15, 0.2) is 24.3 Å². The maximum absolute atomic E-state index is 12.4. The van der Waals surface area contributed by atoms with Crippen molar-refractivity contribution in [2.75, 3.05) is 13.2 Å². The van der Waals surface area contributed by atoms with Crippen molar-refractivity contribution in [3.05, 3.63) is 24.3 Å². The lowest BCUT2D eigenvalue weighted by Crippen LogP contribution is -2.45. The van der Waals surface area contributed by atoms with Crippen molar-refractivity contribution in [2.24, 2.45) is 0 Å². The molecule has 0 aliphatic carbocycles. The summed E-state index contributed by atoms with van der Waals surface area (Å²) in [7, 11) is 0. The van der Waals surface area contributed by atoms with E-state index >= 15 is 0 Å². The van der Waals surface area contributed by atoms with Crippen LogP contribution in [0.1, 0.15) is 309 Å². The van der Waals surface area contributed by atoms with Gasteiger partial charge in [-0.05, 0) is 57.8 Å².